The third kappa shape index (κ3) is 4.23. The number of rotatable bonds is 6. The van der Waals surface area contributed by atoms with E-state index in [2.05, 4.69) is 36.4 Å². The number of methoxy groups -OCH3 is 2. The zero-order chi connectivity index (χ0) is 20.2. The van der Waals surface area contributed by atoms with Crippen LogP contribution in [0.3, 0.4) is 0 Å². The maximum atomic E-state index is 5.65. The van der Waals surface area contributed by atoms with Crippen LogP contribution < -0.4 is 14.8 Å². The van der Waals surface area contributed by atoms with Crippen LogP contribution >= 0.6 is 27.3 Å². The number of halogens is 1. The van der Waals surface area contributed by atoms with Gasteiger partial charge in [0.1, 0.15) is 16.5 Å². The van der Waals surface area contributed by atoms with Crippen LogP contribution in [-0.2, 0) is 0 Å². The molecule has 0 aliphatic carbocycles. The van der Waals surface area contributed by atoms with Crippen molar-refractivity contribution in [1.29, 1.82) is 0 Å². The topological polar surface area (TPSA) is 69.2 Å². The first-order chi connectivity index (χ1) is 14.2. The highest BCUT2D eigenvalue weighted by molar-refractivity contribution is 9.10. The standard InChI is InChI=1S/C21H17BrN4O2S/c1-27-16-11-17(19(18(12-16)28-2)13-7-9-23-10-8-13)20-25-26-21(29-20)24-15-5-3-14(22)4-6-15/h3-12H,1-2H3,(H,24,26). The highest BCUT2D eigenvalue weighted by atomic mass is 79.9. The molecule has 0 bridgehead atoms. The fourth-order valence-electron chi connectivity index (χ4n) is 2.89. The Morgan fingerprint density at radius 2 is 1.69 bits per heavy atom. The molecule has 1 N–H and O–H groups in total. The van der Waals surface area contributed by atoms with Gasteiger partial charge in [0.15, 0.2) is 0 Å². The Balaban J connectivity index is 1.78. The summed E-state index contributed by atoms with van der Waals surface area (Å²) in [4.78, 5) is 4.12. The minimum absolute atomic E-state index is 0.687. The fraction of sp³-hybridized carbons (Fsp3) is 0.0952. The maximum absolute atomic E-state index is 5.65. The van der Waals surface area contributed by atoms with Gasteiger partial charge in [-0.05, 0) is 48.0 Å². The Morgan fingerprint density at radius 1 is 0.931 bits per heavy atom. The molecule has 2 aromatic heterocycles. The lowest BCUT2D eigenvalue weighted by molar-refractivity contribution is 0.395. The quantitative estimate of drug-likeness (QED) is 0.386. The van der Waals surface area contributed by atoms with Crippen molar-refractivity contribution in [3.63, 3.8) is 0 Å². The van der Waals surface area contributed by atoms with E-state index in [9.17, 15) is 0 Å². The van der Waals surface area contributed by atoms with Crippen LogP contribution in [0.1, 0.15) is 0 Å². The van der Waals surface area contributed by atoms with Gasteiger partial charge >= 0.3 is 0 Å². The number of hydrogen-bond acceptors (Lipinski definition) is 7. The molecule has 146 valence electrons. The van der Waals surface area contributed by atoms with Crippen LogP contribution in [0, 0.1) is 0 Å². The Morgan fingerprint density at radius 3 is 2.38 bits per heavy atom. The first-order valence-corrected chi connectivity index (χ1v) is 10.3. The van der Waals surface area contributed by atoms with Gasteiger partial charge in [-0.25, -0.2) is 0 Å². The minimum atomic E-state index is 0.687. The van der Waals surface area contributed by atoms with Crippen LogP contribution in [0.2, 0.25) is 0 Å². The van der Waals surface area contributed by atoms with Crippen LogP contribution in [0.5, 0.6) is 11.5 Å². The third-order valence-electron chi connectivity index (χ3n) is 4.25. The molecule has 4 aromatic rings. The monoisotopic (exact) mass is 468 g/mol. The number of ether oxygens (including phenoxy) is 2. The average Bonchev–Trinajstić information content (AvgIpc) is 3.23. The zero-order valence-corrected chi connectivity index (χ0v) is 18.1. The highest BCUT2D eigenvalue weighted by Crippen LogP contribution is 2.43. The maximum Gasteiger partial charge on any atom is 0.210 e. The normalized spacial score (nSPS) is 10.6. The molecule has 0 aliphatic heterocycles. The predicted octanol–water partition coefficient (Wildman–Crippen LogP) is 5.79. The summed E-state index contributed by atoms with van der Waals surface area (Å²) in [5.74, 6) is 1.38. The van der Waals surface area contributed by atoms with Gasteiger partial charge in [-0.1, -0.05) is 27.3 Å². The first-order valence-electron chi connectivity index (χ1n) is 8.71. The van der Waals surface area contributed by atoms with Crippen molar-refractivity contribution in [2.75, 3.05) is 19.5 Å². The van der Waals surface area contributed by atoms with Crippen molar-refractivity contribution >= 4 is 38.1 Å². The molecule has 0 saturated heterocycles. The van der Waals surface area contributed by atoms with Crippen molar-refractivity contribution in [3.8, 4) is 33.2 Å². The van der Waals surface area contributed by atoms with Crippen molar-refractivity contribution in [1.82, 2.24) is 15.2 Å². The van der Waals surface area contributed by atoms with E-state index in [1.165, 1.54) is 11.3 Å². The highest BCUT2D eigenvalue weighted by Gasteiger charge is 2.19. The van der Waals surface area contributed by atoms with Crippen LogP contribution in [0.15, 0.2) is 65.4 Å². The summed E-state index contributed by atoms with van der Waals surface area (Å²) in [6.45, 7) is 0. The molecule has 0 fully saturated rings. The molecule has 0 spiro atoms. The molecule has 6 nitrogen and oxygen atoms in total. The second kappa shape index (κ2) is 8.59. The second-order valence-electron chi connectivity index (χ2n) is 6.03. The molecule has 0 unspecified atom stereocenters. The molecule has 0 aliphatic rings. The number of aromatic nitrogens is 3. The number of hydrogen-bond donors (Lipinski definition) is 1. The molecular weight excluding hydrogens is 452 g/mol. The number of nitrogens with one attached hydrogen (secondary N) is 1. The second-order valence-corrected chi connectivity index (χ2v) is 7.93. The van der Waals surface area contributed by atoms with E-state index in [4.69, 9.17) is 9.47 Å². The van der Waals surface area contributed by atoms with E-state index in [1.54, 1.807) is 26.6 Å². The van der Waals surface area contributed by atoms with Crippen LogP contribution in [0.4, 0.5) is 10.8 Å². The van der Waals surface area contributed by atoms with Gasteiger partial charge in [-0.3, -0.25) is 4.98 Å². The molecule has 4 rings (SSSR count). The number of pyridine rings is 1. The Bertz CT molecular complexity index is 1120. The SMILES string of the molecule is COc1cc(OC)c(-c2ccncc2)c(-c2nnc(Nc3ccc(Br)cc3)s2)c1. The van der Waals surface area contributed by atoms with Crippen molar-refractivity contribution in [3.05, 3.63) is 65.4 Å². The van der Waals surface area contributed by atoms with E-state index >= 15 is 0 Å². The Labute approximate surface area is 180 Å². The number of nitrogens with zero attached hydrogens (tertiary/aromatic N) is 3. The molecule has 2 heterocycles. The number of anilines is 2. The van der Waals surface area contributed by atoms with Gasteiger partial charge in [-0.15, -0.1) is 10.2 Å². The van der Waals surface area contributed by atoms with Crippen molar-refractivity contribution in [2.24, 2.45) is 0 Å². The van der Waals surface area contributed by atoms with E-state index in [1.807, 2.05) is 48.5 Å². The average molecular weight is 469 g/mol. The summed E-state index contributed by atoms with van der Waals surface area (Å²) in [5.41, 5.74) is 3.72. The molecule has 0 radical (unpaired) electrons. The van der Waals surface area contributed by atoms with E-state index in [0.29, 0.717) is 16.6 Å². The van der Waals surface area contributed by atoms with Crippen molar-refractivity contribution < 1.29 is 9.47 Å². The van der Waals surface area contributed by atoms with Gasteiger partial charge in [0, 0.05) is 39.7 Å². The molecule has 0 saturated carbocycles. The Hall–Kier alpha value is -2.97. The summed E-state index contributed by atoms with van der Waals surface area (Å²) in [5, 5.41) is 13.5. The largest absolute Gasteiger partial charge is 0.497 e. The third-order valence-corrected chi connectivity index (χ3v) is 5.65. The summed E-state index contributed by atoms with van der Waals surface area (Å²) in [6, 6.07) is 15.6. The molecule has 0 amide bonds. The van der Waals surface area contributed by atoms with Gasteiger partial charge in [0.25, 0.3) is 0 Å². The van der Waals surface area contributed by atoms with Gasteiger partial charge in [-0.2, -0.15) is 0 Å². The first kappa shape index (κ1) is 19.4. The molecule has 8 heteroatoms. The predicted molar refractivity (Wildman–Crippen MR) is 119 cm³/mol. The molecule has 2 aromatic carbocycles. The number of benzene rings is 2. The smallest absolute Gasteiger partial charge is 0.210 e. The fourth-order valence-corrected chi connectivity index (χ4v) is 3.94. The van der Waals surface area contributed by atoms with Crippen LogP contribution in [-0.4, -0.2) is 29.4 Å². The lowest BCUT2D eigenvalue weighted by Crippen LogP contribution is -1.94. The summed E-state index contributed by atoms with van der Waals surface area (Å²) < 4.78 is 12.1. The summed E-state index contributed by atoms with van der Waals surface area (Å²) >= 11 is 4.90. The van der Waals surface area contributed by atoms with Gasteiger partial charge < -0.3 is 14.8 Å². The Kier molecular flexibility index (Phi) is 5.73. The lowest BCUT2D eigenvalue weighted by atomic mass is 9.99. The van der Waals surface area contributed by atoms with Gasteiger partial charge in [0.05, 0.1) is 14.2 Å². The van der Waals surface area contributed by atoms with E-state index < -0.39 is 0 Å². The van der Waals surface area contributed by atoms with Gasteiger partial charge in [0.2, 0.25) is 5.13 Å². The molecular formula is C21H17BrN4O2S. The van der Waals surface area contributed by atoms with E-state index in [-0.39, 0.29) is 0 Å². The van der Waals surface area contributed by atoms with Crippen LogP contribution in [0.25, 0.3) is 21.7 Å². The lowest BCUT2D eigenvalue weighted by Gasteiger charge is -2.14. The zero-order valence-electron chi connectivity index (χ0n) is 15.7. The molecule has 29 heavy (non-hydrogen) atoms. The molecule has 0 atom stereocenters. The minimum Gasteiger partial charge on any atom is -0.497 e. The van der Waals surface area contributed by atoms with Crippen molar-refractivity contribution in [2.45, 2.75) is 0 Å². The summed E-state index contributed by atoms with van der Waals surface area (Å²) in [7, 11) is 3.27. The van der Waals surface area contributed by atoms with E-state index in [0.717, 1.165) is 31.9 Å². The summed E-state index contributed by atoms with van der Waals surface area (Å²) in [6.07, 6.45) is 3.51.